The number of benzene rings is 1. The first-order valence-corrected chi connectivity index (χ1v) is 8.59. The van der Waals surface area contributed by atoms with E-state index < -0.39 is 0 Å². The van der Waals surface area contributed by atoms with Gasteiger partial charge in [0.2, 0.25) is 17.7 Å². The number of rotatable bonds is 4. The van der Waals surface area contributed by atoms with Crippen LogP contribution in [-0.4, -0.2) is 48.8 Å². The zero-order chi connectivity index (χ0) is 18.0. The summed E-state index contributed by atoms with van der Waals surface area (Å²) in [6.45, 7) is 3.95. The van der Waals surface area contributed by atoms with Crippen molar-refractivity contribution in [2.75, 3.05) is 36.4 Å². The van der Waals surface area contributed by atoms with Crippen molar-refractivity contribution in [3.05, 3.63) is 24.3 Å². The van der Waals surface area contributed by atoms with Gasteiger partial charge in [0.05, 0.1) is 11.4 Å². The summed E-state index contributed by atoms with van der Waals surface area (Å²) in [6, 6.07) is 7.18. The Morgan fingerprint density at radius 3 is 2.68 bits per heavy atom. The Morgan fingerprint density at radius 2 is 1.96 bits per heavy atom. The number of nitrogens with zero attached hydrogens (tertiary/aromatic N) is 2. The van der Waals surface area contributed by atoms with Gasteiger partial charge in [-0.3, -0.25) is 14.4 Å². The van der Waals surface area contributed by atoms with Gasteiger partial charge in [0.15, 0.2) is 0 Å². The average molecular weight is 344 g/mol. The van der Waals surface area contributed by atoms with Gasteiger partial charge in [-0.15, -0.1) is 0 Å². The molecule has 1 aromatic carbocycles. The highest BCUT2D eigenvalue weighted by molar-refractivity contribution is 6.10. The van der Waals surface area contributed by atoms with Gasteiger partial charge < -0.3 is 20.9 Å². The Bertz CT molecular complexity index is 705. The Kier molecular flexibility index (Phi) is 4.76. The zero-order valence-electron chi connectivity index (χ0n) is 14.5. The number of amides is 3. The quantitative estimate of drug-likeness (QED) is 0.850. The second-order valence-corrected chi connectivity index (χ2v) is 7.13. The first kappa shape index (κ1) is 17.4. The van der Waals surface area contributed by atoms with E-state index in [-0.39, 0.29) is 42.5 Å². The van der Waals surface area contributed by atoms with E-state index in [1.165, 1.54) is 4.90 Å². The molecule has 0 saturated carbocycles. The summed E-state index contributed by atoms with van der Waals surface area (Å²) in [7, 11) is 0. The highest BCUT2D eigenvalue weighted by atomic mass is 16.2. The number of nitrogens with one attached hydrogen (secondary N) is 1. The third-order valence-electron chi connectivity index (χ3n) is 5.03. The second-order valence-electron chi connectivity index (χ2n) is 7.13. The summed E-state index contributed by atoms with van der Waals surface area (Å²) < 4.78 is 0. The van der Waals surface area contributed by atoms with Crippen molar-refractivity contribution < 1.29 is 14.4 Å². The Hall–Kier alpha value is -2.41. The maximum atomic E-state index is 12.6. The van der Waals surface area contributed by atoms with Gasteiger partial charge in [-0.05, 0) is 30.5 Å². The molecule has 2 heterocycles. The molecule has 1 atom stereocenters. The summed E-state index contributed by atoms with van der Waals surface area (Å²) >= 11 is 0. The fourth-order valence-electron chi connectivity index (χ4n) is 3.37. The smallest absolute Gasteiger partial charge is 0.244 e. The number of para-hydroxylation sites is 2. The third-order valence-corrected chi connectivity index (χ3v) is 5.03. The molecule has 2 aliphatic heterocycles. The van der Waals surface area contributed by atoms with E-state index in [2.05, 4.69) is 12.2 Å². The maximum absolute atomic E-state index is 12.6. The van der Waals surface area contributed by atoms with Gasteiger partial charge in [-0.1, -0.05) is 19.1 Å². The van der Waals surface area contributed by atoms with Crippen LogP contribution in [0.15, 0.2) is 24.3 Å². The number of hydrogen-bond donors (Lipinski definition) is 2. The van der Waals surface area contributed by atoms with Crippen LogP contribution in [0.3, 0.4) is 0 Å². The first-order chi connectivity index (χ1) is 11.9. The van der Waals surface area contributed by atoms with E-state index in [0.29, 0.717) is 31.0 Å². The molecule has 1 aromatic rings. The minimum Gasteiger partial charge on any atom is -0.342 e. The maximum Gasteiger partial charge on any atom is 0.244 e. The normalized spacial score (nSPS) is 22.6. The Balaban J connectivity index is 1.60. The van der Waals surface area contributed by atoms with Gasteiger partial charge >= 0.3 is 0 Å². The summed E-state index contributed by atoms with van der Waals surface area (Å²) in [5.41, 5.74) is 7.05. The fourth-order valence-corrected chi connectivity index (χ4v) is 3.37. The molecule has 1 saturated heterocycles. The molecule has 0 spiro atoms. The lowest BCUT2D eigenvalue weighted by atomic mass is 9.90. The number of carbonyl (C=O) groups excluding carboxylic acids is 3. The molecule has 7 heteroatoms. The Labute approximate surface area is 147 Å². The number of hydrogen-bond acceptors (Lipinski definition) is 4. The molecule has 134 valence electrons. The van der Waals surface area contributed by atoms with Gasteiger partial charge in [0, 0.05) is 25.9 Å². The fraction of sp³-hybridized carbons (Fsp3) is 0.500. The predicted octanol–water partition coefficient (Wildman–Crippen LogP) is 0.949. The minimum atomic E-state index is -0.225. The lowest BCUT2D eigenvalue weighted by Gasteiger charge is -2.29. The van der Waals surface area contributed by atoms with Crippen LogP contribution in [0, 0.1) is 5.41 Å². The minimum absolute atomic E-state index is 0.0149. The van der Waals surface area contributed by atoms with Crippen LogP contribution in [-0.2, 0) is 14.4 Å². The molecule has 1 fully saturated rings. The van der Waals surface area contributed by atoms with Gasteiger partial charge in [0.25, 0.3) is 0 Å². The molecule has 0 aliphatic carbocycles. The largest absolute Gasteiger partial charge is 0.342 e. The van der Waals surface area contributed by atoms with Gasteiger partial charge in [-0.2, -0.15) is 0 Å². The molecular formula is C18H24N4O3. The van der Waals surface area contributed by atoms with Crippen molar-refractivity contribution in [3.8, 4) is 0 Å². The van der Waals surface area contributed by atoms with E-state index >= 15 is 0 Å². The lowest BCUT2D eigenvalue weighted by Crippen LogP contribution is -2.42. The van der Waals surface area contributed by atoms with Crippen molar-refractivity contribution in [2.45, 2.75) is 26.2 Å². The van der Waals surface area contributed by atoms with Crippen LogP contribution in [0.2, 0.25) is 0 Å². The highest BCUT2D eigenvalue weighted by Gasteiger charge is 2.35. The molecule has 1 unspecified atom stereocenters. The van der Waals surface area contributed by atoms with E-state index in [1.54, 1.807) is 23.1 Å². The zero-order valence-corrected chi connectivity index (χ0v) is 14.5. The van der Waals surface area contributed by atoms with E-state index in [0.717, 1.165) is 6.42 Å². The SMILES string of the molecule is CC1(CN)CCN(C(=O)CCC(=O)N2CC(=O)Nc3ccccc32)C1. The number of carbonyl (C=O) groups is 3. The van der Waals surface area contributed by atoms with Crippen molar-refractivity contribution in [2.24, 2.45) is 11.1 Å². The molecular weight excluding hydrogens is 320 g/mol. The molecule has 7 nitrogen and oxygen atoms in total. The second kappa shape index (κ2) is 6.84. The van der Waals surface area contributed by atoms with Crippen LogP contribution < -0.4 is 16.0 Å². The van der Waals surface area contributed by atoms with Crippen LogP contribution >= 0.6 is 0 Å². The van der Waals surface area contributed by atoms with Crippen molar-refractivity contribution in [1.82, 2.24) is 4.90 Å². The number of likely N-dealkylation sites (tertiary alicyclic amines) is 1. The van der Waals surface area contributed by atoms with Gasteiger partial charge in [0.1, 0.15) is 6.54 Å². The molecule has 0 radical (unpaired) electrons. The molecule has 2 aliphatic rings. The van der Waals surface area contributed by atoms with Crippen molar-refractivity contribution in [1.29, 1.82) is 0 Å². The lowest BCUT2D eigenvalue weighted by molar-refractivity contribution is -0.132. The van der Waals surface area contributed by atoms with Crippen LogP contribution in [0.4, 0.5) is 11.4 Å². The summed E-state index contributed by atoms with van der Waals surface area (Å²) in [5, 5.41) is 2.75. The van der Waals surface area contributed by atoms with E-state index in [9.17, 15) is 14.4 Å². The monoisotopic (exact) mass is 344 g/mol. The summed E-state index contributed by atoms with van der Waals surface area (Å²) in [5.74, 6) is -0.465. The predicted molar refractivity (Wildman–Crippen MR) is 95.0 cm³/mol. The highest BCUT2D eigenvalue weighted by Crippen LogP contribution is 2.30. The first-order valence-electron chi connectivity index (χ1n) is 8.59. The summed E-state index contributed by atoms with van der Waals surface area (Å²) in [4.78, 5) is 40.0. The van der Waals surface area contributed by atoms with Gasteiger partial charge in [-0.25, -0.2) is 0 Å². The van der Waals surface area contributed by atoms with E-state index in [1.807, 2.05) is 6.07 Å². The summed E-state index contributed by atoms with van der Waals surface area (Å²) in [6.07, 6.45) is 1.14. The standard InChI is InChI=1S/C18H24N4O3/c1-18(11-19)8-9-21(12-18)16(24)6-7-17(25)22-10-15(23)20-13-4-2-3-5-14(13)22/h2-5H,6-12,19H2,1H3,(H,20,23). The van der Waals surface area contributed by atoms with E-state index in [4.69, 9.17) is 5.73 Å². The topological polar surface area (TPSA) is 95.7 Å². The molecule has 0 aromatic heterocycles. The Morgan fingerprint density at radius 1 is 1.24 bits per heavy atom. The van der Waals surface area contributed by atoms with Crippen LogP contribution in [0.5, 0.6) is 0 Å². The molecule has 3 N–H and O–H groups in total. The molecule has 3 amide bonds. The molecule has 0 bridgehead atoms. The number of anilines is 2. The van der Waals surface area contributed by atoms with Crippen molar-refractivity contribution >= 4 is 29.1 Å². The average Bonchev–Trinajstić information content (AvgIpc) is 3.01. The van der Waals surface area contributed by atoms with Crippen molar-refractivity contribution in [3.63, 3.8) is 0 Å². The third kappa shape index (κ3) is 3.66. The van der Waals surface area contributed by atoms with Crippen LogP contribution in [0.1, 0.15) is 26.2 Å². The number of fused-ring (bicyclic) bond motifs is 1. The molecule has 3 rings (SSSR count). The van der Waals surface area contributed by atoms with Crippen LogP contribution in [0.25, 0.3) is 0 Å². The number of nitrogens with two attached hydrogens (primary N) is 1. The molecule has 25 heavy (non-hydrogen) atoms.